The molecule has 1 rings (SSSR count). The molecule has 0 aliphatic carbocycles. The van der Waals surface area contributed by atoms with Crippen LogP contribution >= 0.6 is 23.2 Å². The van der Waals surface area contributed by atoms with Gasteiger partial charge >= 0.3 is 5.97 Å². The molecule has 0 radical (unpaired) electrons. The lowest BCUT2D eigenvalue weighted by Gasteiger charge is -2.27. The van der Waals surface area contributed by atoms with Crippen molar-refractivity contribution in [2.75, 3.05) is 13.2 Å². The van der Waals surface area contributed by atoms with Crippen molar-refractivity contribution in [2.45, 2.75) is 25.8 Å². The highest BCUT2D eigenvalue weighted by Gasteiger charge is 2.37. The molecule has 0 aliphatic heterocycles. The van der Waals surface area contributed by atoms with Crippen molar-refractivity contribution < 1.29 is 19.4 Å². The molecule has 0 aromatic heterocycles. The van der Waals surface area contributed by atoms with Crippen molar-refractivity contribution in [1.29, 1.82) is 0 Å². The van der Waals surface area contributed by atoms with Crippen LogP contribution in [-0.2, 0) is 19.9 Å². The Morgan fingerprint density at radius 1 is 1.33 bits per heavy atom. The number of hydrogen-bond acceptors (Lipinski definition) is 3. The Labute approximate surface area is 133 Å². The second-order valence-electron chi connectivity index (χ2n) is 4.55. The highest BCUT2D eigenvalue weighted by atomic mass is 35.5. The molecule has 1 aromatic rings. The van der Waals surface area contributed by atoms with Crippen molar-refractivity contribution in [3.63, 3.8) is 0 Å². The van der Waals surface area contributed by atoms with Gasteiger partial charge in [-0.3, -0.25) is 4.79 Å². The van der Waals surface area contributed by atoms with Gasteiger partial charge in [0.15, 0.2) is 5.54 Å². The summed E-state index contributed by atoms with van der Waals surface area (Å²) < 4.78 is 5.07. The molecule has 116 valence electrons. The van der Waals surface area contributed by atoms with Crippen LogP contribution in [0.15, 0.2) is 18.2 Å². The molecule has 0 bridgehead atoms. The molecule has 0 aliphatic rings. The van der Waals surface area contributed by atoms with Crippen LogP contribution in [0.3, 0.4) is 0 Å². The maximum absolute atomic E-state index is 11.8. The summed E-state index contributed by atoms with van der Waals surface area (Å²) >= 11 is 11.7. The third-order valence-electron chi connectivity index (χ3n) is 2.99. The second kappa shape index (κ2) is 7.64. The summed E-state index contributed by atoms with van der Waals surface area (Å²) in [5.74, 6) is -1.61. The highest BCUT2D eigenvalue weighted by Crippen LogP contribution is 2.29. The summed E-state index contributed by atoms with van der Waals surface area (Å²) in [4.78, 5) is 23.4. The zero-order valence-electron chi connectivity index (χ0n) is 11.8. The molecule has 2 N–H and O–H groups in total. The van der Waals surface area contributed by atoms with Gasteiger partial charge in [-0.25, -0.2) is 4.79 Å². The fraction of sp³-hybridized carbons (Fsp3) is 0.429. The zero-order chi connectivity index (χ0) is 16.0. The highest BCUT2D eigenvalue weighted by molar-refractivity contribution is 6.42. The second-order valence-corrected chi connectivity index (χ2v) is 5.37. The number of nitrogens with one attached hydrogen (secondary N) is 1. The number of carboxylic acid groups (broad SMARTS) is 1. The van der Waals surface area contributed by atoms with Crippen molar-refractivity contribution in [2.24, 2.45) is 0 Å². The van der Waals surface area contributed by atoms with Crippen molar-refractivity contribution in [1.82, 2.24) is 5.32 Å². The first-order chi connectivity index (χ1) is 9.81. The molecule has 1 amide bonds. The molecular weight excluding hydrogens is 317 g/mol. The van der Waals surface area contributed by atoms with Gasteiger partial charge in [-0.05, 0) is 31.5 Å². The predicted octanol–water partition coefficient (Wildman–Crippen LogP) is 2.84. The van der Waals surface area contributed by atoms with Crippen LogP contribution in [0.5, 0.6) is 0 Å². The quantitative estimate of drug-likeness (QED) is 0.752. The molecule has 7 heteroatoms. The maximum Gasteiger partial charge on any atom is 0.333 e. The van der Waals surface area contributed by atoms with Crippen LogP contribution in [0.1, 0.15) is 25.8 Å². The van der Waals surface area contributed by atoms with Gasteiger partial charge in [-0.15, -0.1) is 0 Å². The molecule has 0 fully saturated rings. The van der Waals surface area contributed by atoms with Crippen molar-refractivity contribution >= 4 is 35.1 Å². The largest absolute Gasteiger partial charge is 0.479 e. The summed E-state index contributed by atoms with van der Waals surface area (Å²) in [6, 6.07) is 4.44. The Balaban J connectivity index is 2.95. The first-order valence-corrected chi connectivity index (χ1v) is 7.14. The van der Waals surface area contributed by atoms with Gasteiger partial charge in [-0.2, -0.15) is 0 Å². The lowest BCUT2D eigenvalue weighted by Crippen LogP contribution is -2.49. The third-order valence-corrected chi connectivity index (χ3v) is 3.73. The summed E-state index contributed by atoms with van der Waals surface area (Å²) in [5, 5.41) is 12.5. The third kappa shape index (κ3) is 4.59. The van der Waals surface area contributed by atoms with Gasteiger partial charge < -0.3 is 15.2 Å². The van der Waals surface area contributed by atoms with Crippen LogP contribution in [0.2, 0.25) is 10.0 Å². The number of ether oxygens (including phenoxy) is 1. The van der Waals surface area contributed by atoms with Crippen molar-refractivity contribution in [3.8, 4) is 0 Å². The Morgan fingerprint density at radius 2 is 2.00 bits per heavy atom. The number of rotatable bonds is 7. The Hall–Kier alpha value is -1.30. The monoisotopic (exact) mass is 333 g/mol. The average molecular weight is 334 g/mol. The van der Waals surface area contributed by atoms with E-state index in [0.29, 0.717) is 17.2 Å². The van der Waals surface area contributed by atoms with Gasteiger partial charge in [0.25, 0.3) is 0 Å². The van der Waals surface area contributed by atoms with Gasteiger partial charge in [0.1, 0.15) is 0 Å². The molecule has 1 atom stereocenters. The minimum atomic E-state index is -1.59. The lowest BCUT2D eigenvalue weighted by molar-refractivity contribution is -0.147. The SMILES string of the molecule is CCOCCC(=O)NC(C)(C(=O)O)c1ccc(Cl)c(Cl)c1. The number of hydrogen-bond donors (Lipinski definition) is 2. The van der Waals surface area contributed by atoms with Crippen LogP contribution in [0, 0.1) is 0 Å². The van der Waals surface area contributed by atoms with E-state index in [1.165, 1.54) is 25.1 Å². The lowest BCUT2D eigenvalue weighted by atomic mass is 9.92. The average Bonchev–Trinajstić information content (AvgIpc) is 2.41. The van der Waals surface area contributed by atoms with E-state index in [-0.39, 0.29) is 18.1 Å². The van der Waals surface area contributed by atoms with Gasteiger partial charge in [0.2, 0.25) is 5.91 Å². The molecule has 1 aromatic carbocycles. The fourth-order valence-corrected chi connectivity index (χ4v) is 2.00. The first kappa shape index (κ1) is 17.8. The minimum Gasteiger partial charge on any atom is -0.479 e. The summed E-state index contributed by atoms with van der Waals surface area (Å²) in [6.07, 6.45) is 0.0814. The molecular formula is C14H17Cl2NO4. The molecule has 21 heavy (non-hydrogen) atoms. The number of carbonyl (C=O) groups is 2. The smallest absolute Gasteiger partial charge is 0.333 e. The summed E-state index contributed by atoms with van der Waals surface area (Å²) in [5.41, 5.74) is -1.24. The molecule has 1 unspecified atom stereocenters. The Bertz CT molecular complexity index is 536. The Morgan fingerprint density at radius 3 is 2.52 bits per heavy atom. The minimum absolute atomic E-state index is 0.0814. The zero-order valence-corrected chi connectivity index (χ0v) is 13.3. The number of amides is 1. The fourth-order valence-electron chi connectivity index (χ4n) is 1.71. The van der Waals surface area contributed by atoms with E-state index >= 15 is 0 Å². The number of carboxylic acids is 1. The molecule has 0 saturated carbocycles. The van der Waals surface area contributed by atoms with Crippen LogP contribution in [0.25, 0.3) is 0 Å². The number of benzene rings is 1. The normalized spacial score (nSPS) is 13.5. The van der Waals surface area contributed by atoms with Gasteiger partial charge in [0, 0.05) is 13.0 Å². The van der Waals surface area contributed by atoms with Crippen LogP contribution in [-0.4, -0.2) is 30.2 Å². The topological polar surface area (TPSA) is 75.6 Å². The standard InChI is InChI=1S/C14H17Cl2NO4/c1-3-21-7-6-12(18)17-14(2,13(19)20)9-4-5-10(15)11(16)8-9/h4-5,8H,3,6-7H2,1-2H3,(H,17,18)(H,19,20). The number of carbonyl (C=O) groups excluding carboxylic acids is 1. The van der Waals surface area contributed by atoms with E-state index < -0.39 is 17.4 Å². The summed E-state index contributed by atoms with van der Waals surface area (Å²) in [6.45, 7) is 3.94. The number of aliphatic carboxylic acids is 1. The van der Waals surface area contributed by atoms with E-state index in [0.717, 1.165) is 0 Å². The first-order valence-electron chi connectivity index (χ1n) is 6.39. The van der Waals surface area contributed by atoms with E-state index in [4.69, 9.17) is 27.9 Å². The molecule has 0 spiro atoms. The molecule has 0 heterocycles. The van der Waals surface area contributed by atoms with E-state index in [9.17, 15) is 14.7 Å². The van der Waals surface area contributed by atoms with Gasteiger partial charge in [0.05, 0.1) is 16.7 Å². The van der Waals surface area contributed by atoms with Crippen LogP contribution < -0.4 is 5.32 Å². The van der Waals surface area contributed by atoms with E-state index in [2.05, 4.69) is 5.32 Å². The predicted molar refractivity (Wildman–Crippen MR) is 80.7 cm³/mol. The van der Waals surface area contributed by atoms with Gasteiger partial charge in [-0.1, -0.05) is 29.3 Å². The molecule has 0 saturated heterocycles. The van der Waals surface area contributed by atoms with E-state index in [1.54, 1.807) is 0 Å². The maximum atomic E-state index is 11.8. The van der Waals surface area contributed by atoms with Crippen molar-refractivity contribution in [3.05, 3.63) is 33.8 Å². The number of halogens is 2. The Kier molecular flexibility index (Phi) is 6.45. The van der Waals surface area contributed by atoms with E-state index in [1.807, 2.05) is 6.92 Å². The van der Waals surface area contributed by atoms with Crippen LogP contribution in [0.4, 0.5) is 0 Å². The molecule has 5 nitrogen and oxygen atoms in total. The summed E-state index contributed by atoms with van der Waals surface area (Å²) in [7, 11) is 0.